The van der Waals surface area contributed by atoms with Gasteiger partial charge in [-0.05, 0) is 38.5 Å². The molecular formula is C25H29N3O7. The Morgan fingerprint density at radius 2 is 1.69 bits per heavy atom. The summed E-state index contributed by atoms with van der Waals surface area (Å²) in [6.45, 7) is 5.13. The fraction of sp³-hybridized carbons (Fsp3) is 0.400. The number of nitrogens with one attached hydrogen (secondary N) is 1. The Morgan fingerprint density at radius 3 is 2.26 bits per heavy atom. The maximum Gasteiger partial charge on any atom is 0.315 e. The second kappa shape index (κ2) is 11.1. The lowest BCUT2D eigenvalue weighted by Crippen LogP contribution is -2.55. The van der Waals surface area contributed by atoms with Crippen LogP contribution in [0.25, 0.3) is 0 Å². The molecule has 10 nitrogen and oxygen atoms in total. The fourth-order valence-corrected chi connectivity index (χ4v) is 4.48. The van der Waals surface area contributed by atoms with Crippen LogP contribution in [0.1, 0.15) is 38.7 Å². The molecule has 10 heteroatoms. The Kier molecular flexibility index (Phi) is 8.18. The quantitative estimate of drug-likeness (QED) is 0.329. The van der Waals surface area contributed by atoms with E-state index in [9.17, 15) is 24.8 Å². The van der Waals surface area contributed by atoms with Crippen molar-refractivity contribution in [3.8, 4) is 0 Å². The van der Waals surface area contributed by atoms with Crippen LogP contribution in [0.2, 0.25) is 0 Å². The highest BCUT2D eigenvalue weighted by Crippen LogP contribution is 2.47. The number of hydrogen-bond donors (Lipinski definition) is 2. The summed E-state index contributed by atoms with van der Waals surface area (Å²) >= 11 is 0. The number of rotatable bonds is 8. The molecule has 3 rings (SSSR count). The molecule has 2 aromatic carbocycles. The van der Waals surface area contributed by atoms with Gasteiger partial charge in [-0.15, -0.1) is 0 Å². The van der Waals surface area contributed by atoms with Crippen molar-refractivity contribution in [2.75, 3.05) is 18.6 Å². The molecule has 0 saturated heterocycles. The number of esters is 2. The third kappa shape index (κ3) is 5.83. The summed E-state index contributed by atoms with van der Waals surface area (Å²) in [5, 5.41) is 26.7. The van der Waals surface area contributed by atoms with Crippen LogP contribution in [0.4, 0.5) is 11.4 Å². The second-order valence-corrected chi connectivity index (χ2v) is 8.45. The molecule has 4 unspecified atom stereocenters. The number of nitrogens with zero attached hydrogens (tertiary/aromatic N) is 2. The lowest BCUT2D eigenvalue weighted by atomic mass is 9.61. The van der Waals surface area contributed by atoms with Gasteiger partial charge in [0.05, 0.1) is 41.1 Å². The highest BCUT2D eigenvalue weighted by molar-refractivity contribution is 6.06. The van der Waals surface area contributed by atoms with Gasteiger partial charge in [-0.1, -0.05) is 30.3 Å². The van der Waals surface area contributed by atoms with E-state index in [2.05, 4.69) is 10.5 Å². The SMILES string of the molecule is CCOC(=O)C1/C(=N\Nc2ccc([N+](=O)[O-])cc2)CC(C)(O)C(C(=O)OCC)C1c1ccccc1. The first-order chi connectivity index (χ1) is 16.7. The largest absolute Gasteiger partial charge is 0.466 e. The van der Waals surface area contributed by atoms with Crippen molar-refractivity contribution in [3.63, 3.8) is 0 Å². The topological polar surface area (TPSA) is 140 Å². The minimum Gasteiger partial charge on any atom is -0.466 e. The van der Waals surface area contributed by atoms with Gasteiger partial charge in [0.1, 0.15) is 5.92 Å². The van der Waals surface area contributed by atoms with E-state index in [1.807, 2.05) is 6.07 Å². The molecule has 1 fully saturated rings. The number of benzene rings is 2. The van der Waals surface area contributed by atoms with Crippen molar-refractivity contribution in [1.29, 1.82) is 0 Å². The fourth-order valence-electron chi connectivity index (χ4n) is 4.48. The number of carbonyl (C=O) groups excluding carboxylic acids is 2. The lowest BCUT2D eigenvalue weighted by Gasteiger charge is -2.45. The van der Waals surface area contributed by atoms with Gasteiger partial charge in [0.15, 0.2) is 0 Å². The molecule has 0 amide bonds. The van der Waals surface area contributed by atoms with Crippen molar-refractivity contribution >= 4 is 29.0 Å². The molecule has 1 saturated carbocycles. The second-order valence-electron chi connectivity index (χ2n) is 8.45. The minimum absolute atomic E-state index is 0.0744. The molecule has 0 heterocycles. The summed E-state index contributed by atoms with van der Waals surface area (Å²) in [5.41, 5.74) is 2.57. The van der Waals surface area contributed by atoms with Crippen LogP contribution in [-0.2, 0) is 19.1 Å². The van der Waals surface area contributed by atoms with Gasteiger partial charge < -0.3 is 14.6 Å². The zero-order valence-corrected chi connectivity index (χ0v) is 19.8. The molecule has 2 N–H and O–H groups in total. The first kappa shape index (κ1) is 25.8. The van der Waals surface area contributed by atoms with Crippen LogP contribution < -0.4 is 5.43 Å². The molecule has 0 spiro atoms. The zero-order valence-electron chi connectivity index (χ0n) is 19.8. The van der Waals surface area contributed by atoms with E-state index in [1.165, 1.54) is 31.2 Å². The monoisotopic (exact) mass is 483 g/mol. The van der Waals surface area contributed by atoms with E-state index in [1.54, 1.807) is 38.1 Å². The molecular weight excluding hydrogens is 454 g/mol. The van der Waals surface area contributed by atoms with Crippen molar-refractivity contribution < 1.29 is 29.1 Å². The Morgan fingerprint density at radius 1 is 1.09 bits per heavy atom. The summed E-state index contributed by atoms with van der Waals surface area (Å²) in [5.74, 6) is -4.00. The Bertz CT molecular complexity index is 1080. The number of hydrazone groups is 1. The van der Waals surface area contributed by atoms with Crippen molar-refractivity contribution in [3.05, 3.63) is 70.3 Å². The van der Waals surface area contributed by atoms with Gasteiger partial charge in [0, 0.05) is 24.5 Å². The normalized spacial score (nSPS) is 25.0. The Labute approximate surface area is 203 Å². The van der Waals surface area contributed by atoms with E-state index in [0.717, 1.165) is 0 Å². The average molecular weight is 484 g/mol. The molecule has 1 aliphatic carbocycles. The highest BCUT2D eigenvalue weighted by atomic mass is 16.6. The van der Waals surface area contributed by atoms with Crippen LogP contribution in [0.5, 0.6) is 0 Å². The Balaban J connectivity index is 2.09. The summed E-state index contributed by atoms with van der Waals surface area (Å²) in [6.07, 6.45) is -0.0940. The first-order valence-corrected chi connectivity index (χ1v) is 11.4. The Hall–Kier alpha value is -3.79. The average Bonchev–Trinajstić information content (AvgIpc) is 2.82. The van der Waals surface area contributed by atoms with Crippen LogP contribution in [0, 0.1) is 22.0 Å². The highest BCUT2D eigenvalue weighted by Gasteiger charge is 2.56. The summed E-state index contributed by atoms with van der Waals surface area (Å²) < 4.78 is 10.6. The maximum absolute atomic E-state index is 13.2. The maximum atomic E-state index is 13.2. The van der Waals surface area contributed by atoms with E-state index in [0.29, 0.717) is 17.0 Å². The molecule has 2 aromatic rings. The molecule has 0 bridgehead atoms. The number of aliphatic hydroxyl groups is 1. The van der Waals surface area contributed by atoms with E-state index in [-0.39, 0.29) is 25.3 Å². The predicted molar refractivity (Wildman–Crippen MR) is 129 cm³/mol. The molecule has 0 aromatic heterocycles. The first-order valence-electron chi connectivity index (χ1n) is 11.4. The van der Waals surface area contributed by atoms with Gasteiger partial charge in [-0.3, -0.25) is 25.1 Å². The number of anilines is 1. The number of nitro benzene ring substituents is 1. The van der Waals surface area contributed by atoms with Crippen LogP contribution >= 0.6 is 0 Å². The standard InChI is InChI=1S/C25H29N3O7/c1-4-34-23(29)21-19(27-26-17-11-13-18(14-12-17)28(32)33)15-25(3,31)22(24(30)35-5-2)20(21)16-9-7-6-8-10-16/h6-14,20-22,26,31H,4-5,15H2,1-3H3/b27-19-. The van der Waals surface area contributed by atoms with Crippen LogP contribution in [0.15, 0.2) is 59.7 Å². The molecule has 0 radical (unpaired) electrons. The number of non-ortho nitro benzene ring substituents is 1. The van der Waals surface area contributed by atoms with Gasteiger partial charge in [-0.25, -0.2) is 0 Å². The van der Waals surface area contributed by atoms with E-state index in [4.69, 9.17) is 9.47 Å². The summed E-state index contributed by atoms with van der Waals surface area (Å²) in [6, 6.07) is 14.6. The van der Waals surface area contributed by atoms with Crippen LogP contribution in [-0.4, -0.2) is 46.5 Å². The smallest absolute Gasteiger partial charge is 0.315 e. The van der Waals surface area contributed by atoms with E-state index < -0.39 is 40.2 Å². The minimum atomic E-state index is -1.58. The third-order valence-electron chi connectivity index (χ3n) is 5.96. The zero-order chi connectivity index (χ0) is 25.6. The van der Waals surface area contributed by atoms with Gasteiger partial charge in [0.25, 0.3) is 5.69 Å². The van der Waals surface area contributed by atoms with Crippen molar-refractivity contribution in [2.45, 2.75) is 38.7 Å². The van der Waals surface area contributed by atoms with E-state index >= 15 is 0 Å². The number of ether oxygens (including phenoxy) is 2. The van der Waals surface area contributed by atoms with Crippen molar-refractivity contribution in [1.82, 2.24) is 0 Å². The lowest BCUT2D eigenvalue weighted by molar-refractivity contribution is -0.384. The van der Waals surface area contributed by atoms with Crippen molar-refractivity contribution in [2.24, 2.45) is 16.9 Å². The number of hydrogen-bond acceptors (Lipinski definition) is 9. The van der Waals surface area contributed by atoms with Gasteiger partial charge in [0.2, 0.25) is 0 Å². The summed E-state index contributed by atoms with van der Waals surface area (Å²) in [4.78, 5) is 36.7. The molecule has 186 valence electrons. The van der Waals surface area contributed by atoms with Gasteiger partial charge >= 0.3 is 11.9 Å². The predicted octanol–water partition coefficient (Wildman–Crippen LogP) is 3.66. The molecule has 0 aliphatic heterocycles. The number of carbonyl (C=O) groups is 2. The van der Waals surface area contributed by atoms with Gasteiger partial charge in [-0.2, -0.15) is 5.10 Å². The van der Waals surface area contributed by atoms with Crippen LogP contribution in [0.3, 0.4) is 0 Å². The third-order valence-corrected chi connectivity index (χ3v) is 5.96. The molecule has 4 atom stereocenters. The molecule has 35 heavy (non-hydrogen) atoms. The summed E-state index contributed by atoms with van der Waals surface area (Å²) in [7, 11) is 0. The molecule has 1 aliphatic rings. The number of nitro groups is 1.